The molecule has 3 nitrogen and oxygen atoms in total. The molecule has 0 radical (unpaired) electrons. The molecule has 0 saturated carbocycles. The van der Waals surface area contributed by atoms with Gasteiger partial charge in [-0.3, -0.25) is 0 Å². The van der Waals surface area contributed by atoms with E-state index in [1.54, 1.807) is 11.3 Å². The second kappa shape index (κ2) is 7.84. The fraction of sp³-hybridized carbons (Fsp3) is 0.364. The molecule has 4 rings (SSSR count). The Hall–Kier alpha value is -1.53. The Bertz CT molecular complexity index is 942. The quantitative estimate of drug-likeness (QED) is 0.632. The van der Waals surface area contributed by atoms with Crippen LogP contribution in [0.25, 0.3) is 21.2 Å². The third-order valence-electron chi connectivity index (χ3n) is 5.24. The van der Waals surface area contributed by atoms with Crippen molar-refractivity contribution in [2.45, 2.75) is 32.0 Å². The summed E-state index contributed by atoms with van der Waals surface area (Å²) in [6.45, 7) is 2.50. The van der Waals surface area contributed by atoms with Crippen LogP contribution in [0.3, 0.4) is 0 Å². The van der Waals surface area contributed by atoms with Gasteiger partial charge in [-0.05, 0) is 77.6 Å². The summed E-state index contributed by atoms with van der Waals surface area (Å²) in [5, 5.41) is 23.4. The molecule has 2 heterocycles. The number of aryl methyl sites for hydroxylation is 1. The summed E-state index contributed by atoms with van der Waals surface area (Å²) in [6, 6.07) is 12.3. The van der Waals surface area contributed by atoms with E-state index in [1.165, 1.54) is 21.2 Å². The Morgan fingerprint density at radius 3 is 2.63 bits per heavy atom. The third-order valence-corrected chi connectivity index (χ3v) is 7.19. The number of fused-ring (bicyclic) bond motifs is 1. The molecule has 0 unspecified atom stereocenters. The maximum Gasteiger partial charge on any atom is 0.119 e. The lowest BCUT2D eigenvalue weighted by atomic mass is 9.97. The zero-order chi connectivity index (χ0) is 18.9. The van der Waals surface area contributed by atoms with Crippen LogP contribution in [0.15, 0.2) is 41.8 Å². The molecule has 2 aromatic carbocycles. The molecular formula is C22H24O3S2. The first kappa shape index (κ1) is 18.8. The zero-order valence-electron chi connectivity index (χ0n) is 15.4. The van der Waals surface area contributed by atoms with Crippen LogP contribution < -0.4 is 4.74 Å². The SMILES string of the molecule is Cc1cc(OCC2(O)CCSCC2)ccc1-c1csc2ccc(CO)cc12. The molecule has 1 saturated heterocycles. The van der Waals surface area contributed by atoms with Gasteiger partial charge in [0, 0.05) is 15.6 Å². The Labute approximate surface area is 168 Å². The molecule has 1 aromatic heterocycles. The number of rotatable bonds is 5. The van der Waals surface area contributed by atoms with E-state index in [0.717, 1.165) is 41.2 Å². The highest BCUT2D eigenvalue weighted by Gasteiger charge is 2.30. The Morgan fingerprint density at radius 2 is 1.89 bits per heavy atom. The second-order valence-corrected chi connectivity index (χ2v) is 9.38. The van der Waals surface area contributed by atoms with E-state index in [0.29, 0.717) is 6.61 Å². The number of ether oxygens (including phenoxy) is 1. The number of hydrogen-bond acceptors (Lipinski definition) is 5. The fourth-order valence-electron chi connectivity index (χ4n) is 3.52. The summed E-state index contributed by atoms with van der Waals surface area (Å²) >= 11 is 3.62. The van der Waals surface area contributed by atoms with Crippen molar-refractivity contribution in [1.82, 2.24) is 0 Å². The lowest BCUT2D eigenvalue weighted by Crippen LogP contribution is -2.39. The Kier molecular flexibility index (Phi) is 5.46. The summed E-state index contributed by atoms with van der Waals surface area (Å²) in [4.78, 5) is 0. The van der Waals surface area contributed by atoms with Crippen molar-refractivity contribution >= 4 is 33.2 Å². The molecule has 0 spiro atoms. The standard InChI is InChI=1S/C22H24O3S2/c1-15-10-17(25-14-22(24)6-8-26-9-7-22)3-4-18(15)20-13-27-21-5-2-16(12-23)11-19(20)21/h2-5,10-11,13,23-24H,6-9,12,14H2,1H3. The topological polar surface area (TPSA) is 49.7 Å². The van der Waals surface area contributed by atoms with Gasteiger partial charge in [-0.1, -0.05) is 12.1 Å². The van der Waals surface area contributed by atoms with E-state index in [2.05, 4.69) is 36.6 Å². The second-order valence-electron chi connectivity index (χ2n) is 7.24. The molecule has 0 amide bonds. The smallest absolute Gasteiger partial charge is 0.119 e. The van der Waals surface area contributed by atoms with Crippen molar-refractivity contribution in [1.29, 1.82) is 0 Å². The van der Waals surface area contributed by atoms with Crippen LogP contribution >= 0.6 is 23.1 Å². The van der Waals surface area contributed by atoms with Gasteiger partial charge in [-0.25, -0.2) is 0 Å². The summed E-state index contributed by atoms with van der Waals surface area (Å²) < 4.78 is 7.16. The van der Waals surface area contributed by atoms with Crippen molar-refractivity contribution < 1.29 is 14.9 Å². The number of thioether (sulfide) groups is 1. The number of hydrogen-bond donors (Lipinski definition) is 2. The maximum absolute atomic E-state index is 10.6. The average Bonchev–Trinajstić information content (AvgIpc) is 3.10. The molecule has 1 aliphatic rings. The van der Waals surface area contributed by atoms with Crippen LogP contribution in [0.4, 0.5) is 0 Å². The molecule has 0 aliphatic carbocycles. The van der Waals surface area contributed by atoms with Crippen molar-refractivity contribution in [3.05, 3.63) is 52.9 Å². The van der Waals surface area contributed by atoms with E-state index < -0.39 is 5.60 Å². The Balaban J connectivity index is 1.57. The highest BCUT2D eigenvalue weighted by molar-refractivity contribution is 7.99. The molecule has 1 fully saturated rings. The molecule has 0 bridgehead atoms. The monoisotopic (exact) mass is 400 g/mol. The lowest BCUT2D eigenvalue weighted by Gasteiger charge is -2.31. The van der Waals surface area contributed by atoms with Gasteiger partial charge in [-0.15, -0.1) is 11.3 Å². The first-order chi connectivity index (χ1) is 13.1. The van der Waals surface area contributed by atoms with Gasteiger partial charge in [0.1, 0.15) is 18.0 Å². The Morgan fingerprint density at radius 1 is 1.07 bits per heavy atom. The maximum atomic E-state index is 10.6. The van der Waals surface area contributed by atoms with Gasteiger partial charge >= 0.3 is 0 Å². The molecule has 0 atom stereocenters. The molecule has 1 aliphatic heterocycles. The molecule has 27 heavy (non-hydrogen) atoms. The van der Waals surface area contributed by atoms with E-state index in [9.17, 15) is 10.2 Å². The number of aliphatic hydroxyl groups is 2. The molecule has 2 N–H and O–H groups in total. The fourth-order valence-corrected chi connectivity index (χ4v) is 5.72. The van der Waals surface area contributed by atoms with Crippen LogP contribution in [-0.2, 0) is 6.61 Å². The third kappa shape index (κ3) is 4.02. The largest absolute Gasteiger partial charge is 0.491 e. The first-order valence-corrected chi connectivity index (χ1v) is 11.3. The molecule has 142 valence electrons. The van der Waals surface area contributed by atoms with Gasteiger partial charge in [0.05, 0.1) is 6.61 Å². The first-order valence-electron chi connectivity index (χ1n) is 9.23. The van der Waals surface area contributed by atoms with Gasteiger partial charge in [0.2, 0.25) is 0 Å². The predicted molar refractivity (Wildman–Crippen MR) is 115 cm³/mol. The minimum absolute atomic E-state index is 0.0540. The molecule has 3 aromatic rings. The van der Waals surface area contributed by atoms with Crippen LogP contribution in [-0.4, -0.2) is 33.9 Å². The summed E-state index contributed by atoms with van der Waals surface area (Å²) in [5.74, 6) is 2.80. The normalized spacial score (nSPS) is 16.6. The number of thiophene rings is 1. The minimum Gasteiger partial charge on any atom is -0.491 e. The number of aliphatic hydroxyl groups excluding tert-OH is 1. The lowest BCUT2D eigenvalue weighted by molar-refractivity contribution is -0.0115. The van der Waals surface area contributed by atoms with Crippen molar-refractivity contribution in [3.63, 3.8) is 0 Å². The highest BCUT2D eigenvalue weighted by Crippen LogP contribution is 2.37. The van der Waals surface area contributed by atoms with Crippen molar-refractivity contribution in [2.24, 2.45) is 0 Å². The summed E-state index contributed by atoms with van der Waals surface area (Å²) in [6.07, 6.45) is 1.59. The highest BCUT2D eigenvalue weighted by atomic mass is 32.2. The molecular weight excluding hydrogens is 376 g/mol. The van der Waals surface area contributed by atoms with Crippen LogP contribution in [0.2, 0.25) is 0 Å². The van der Waals surface area contributed by atoms with Crippen LogP contribution in [0.1, 0.15) is 24.0 Å². The van der Waals surface area contributed by atoms with Crippen molar-refractivity contribution in [3.8, 4) is 16.9 Å². The van der Waals surface area contributed by atoms with Gasteiger partial charge in [0.15, 0.2) is 0 Å². The molecule has 5 heteroatoms. The summed E-state index contributed by atoms with van der Waals surface area (Å²) in [5.41, 5.74) is 3.75. The van der Waals surface area contributed by atoms with E-state index >= 15 is 0 Å². The van der Waals surface area contributed by atoms with Gasteiger partial charge in [-0.2, -0.15) is 11.8 Å². The predicted octanol–water partition coefficient (Wildman–Crippen LogP) is 5.01. The van der Waals surface area contributed by atoms with Crippen LogP contribution in [0.5, 0.6) is 5.75 Å². The van der Waals surface area contributed by atoms with E-state index in [-0.39, 0.29) is 6.61 Å². The minimum atomic E-state index is -0.692. The van der Waals surface area contributed by atoms with Crippen LogP contribution in [0, 0.1) is 6.92 Å². The van der Waals surface area contributed by atoms with Crippen molar-refractivity contribution in [2.75, 3.05) is 18.1 Å². The summed E-state index contributed by atoms with van der Waals surface area (Å²) in [7, 11) is 0. The van der Waals surface area contributed by atoms with E-state index in [1.807, 2.05) is 23.9 Å². The number of benzene rings is 2. The zero-order valence-corrected chi connectivity index (χ0v) is 17.0. The van der Waals surface area contributed by atoms with Gasteiger partial charge < -0.3 is 14.9 Å². The van der Waals surface area contributed by atoms with E-state index in [4.69, 9.17) is 4.74 Å². The van der Waals surface area contributed by atoms with Gasteiger partial charge in [0.25, 0.3) is 0 Å². The average molecular weight is 401 g/mol.